The molecule has 92 valence electrons. The lowest BCUT2D eigenvalue weighted by molar-refractivity contribution is -0.118. The average Bonchev–Trinajstić information content (AvgIpc) is 2.51. The molecule has 0 aromatic heterocycles. The van der Waals surface area contributed by atoms with Crippen molar-refractivity contribution in [3.05, 3.63) is 30.1 Å². The van der Waals surface area contributed by atoms with Crippen molar-refractivity contribution in [2.45, 2.75) is 19.3 Å². The summed E-state index contributed by atoms with van der Waals surface area (Å²) >= 11 is 0. The van der Waals surface area contributed by atoms with E-state index in [1.165, 1.54) is 12.1 Å². The maximum atomic E-state index is 13.2. The Morgan fingerprint density at radius 3 is 3.00 bits per heavy atom. The fourth-order valence-corrected chi connectivity index (χ4v) is 2.21. The number of amides is 1. The Morgan fingerprint density at radius 1 is 1.47 bits per heavy atom. The number of hydrogen-bond acceptors (Lipinski definition) is 2. The van der Waals surface area contributed by atoms with Gasteiger partial charge in [-0.25, -0.2) is 4.39 Å². The van der Waals surface area contributed by atoms with E-state index >= 15 is 0 Å². The fourth-order valence-electron chi connectivity index (χ4n) is 2.21. The molecule has 1 heterocycles. The van der Waals surface area contributed by atoms with E-state index in [0.717, 1.165) is 12.8 Å². The van der Waals surface area contributed by atoms with Gasteiger partial charge < -0.3 is 10.6 Å². The Kier molecular flexibility index (Phi) is 3.74. The standard InChI is InChI=1S/C13H17FN2O/c14-11-4-2-5-12(7-11)16-9-10(8-15)3-1-6-13(16)17/h2,4-5,7,10H,1,3,6,8-9,15H2. The minimum atomic E-state index is -0.316. The van der Waals surface area contributed by atoms with Gasteiger partial charge in [0, 0.05) is 18.7 Å². The molecule has 0 radical (unpaired) electrons. The zero-order valence-corrected chi connectivity index (χ0v) is 9.73. The van der Waals surface area contributed by atoms with E-state index in [1.54, 1.807) is 17.0 Å². The molecule has 1 aliphatic heterocycles. The zero-order chi connectivity index (χ0) is 12.3. The molecule has 0 saturated carbocycles. The van der Waals surface area contributed by atoms with E-state index in [-0.39, 0.29) is 11.7 Å². The van der Waals surface area contributed by atoms with Crippen LogP contribution in [-0.2, 0) is 4.79 Å². The number of anilines is 1. The number of carbonyl (C=O) groups is 1. The van der Waals surface area contributed by atoms with Crippen molar-refractivity contribution in [1.82, 2.24) is 0 Å². The van der Waals surface area contributed by atoms with Gasteiger partial charge in [-0.1, -0.05) is 6.07 Å². The zero-order valence-electron chi connectivity index (χ0n) is 9.73. The first kappa shape index (κ1) is 12.0. The molecular formula is C13H17FN2O. The summed E-state index contributed by atoms with van der Waals surface area (Å²) in [5.41, 5.74) is 6.31. The molecule has 1 aromatic carbocycles. The summed E-state index contributed by atoms with van der Waals surface area (Å²) in [6.45, 7) is 1.16. The van der Waals surface area contributed by atoms with Gasteiger partial charge in [-0.3, -0.25) is 4.79 Å². The highest BCUT2D eigenvalue weighted by Gasteiger charge is 2.23. The summed E-state index contributed by atoms with van der Waals surface area (Å²) in [7, 11) is 0. The molecule has 1 fully saturated rings. The predicted octanol–water partition coefficient (Wildman–Crippen LogP) is 1.92. The van der Waals surface area contributed by atoms with Crippen molar-refractivity contribution in [3.8, 4) is 0 Å². The Bertz CT molecular complexity index is 408. The van der Waals surface area contributed by atoms with Crippen molar-refractivity contribution in [2.75, 3.05) is 18.0 Å². The molecule has 1 amide bonds. The number of halogens is 1. The van der Waals surface area contributed by atoms with Gasteiger partial charge in [0.15, 0.2) is 0 Å². The summed E-state index contributed by atoms with van der Waals surface area (Å²) in [6, 6.07) is 6.17. The first-order valence-corrected chi connectivity index (χ1v) is 5.96. The second-order valence-electron chi connectivity index (χ2n) is 4.48. The fraction of sp³-hybridized carbons (Fsp3) is 0.462. The van der Waals surface area contributed by atoms with Crippen LogP contribution in [0.15, 0.2) is 24.3 Å². The third kappa shape index (κ3) is 2.82. The van der Waals surface area contributed by atoms with Crippen molar-refractivity contribution in [2.24, 2.45) is 11.7 Å². The summed E-state index contributed by atoms with van der Waals surface area (Å²) in [5, 5.41) is 0. The quantitative estimate of drug-likeness (QED) is 0.852. The van der Waals surface area contributed by atoms with Gasteiger partial charge in [-0.05, 0) is 43.5 Å². The number of benzene rings is 1. The number of carbonyl (C=O) groups excluding carboxylic acids is 1. The summed E-state index contributed by atoms with van der Waals surface area (Å²) < 4.78 is 13.2. The molecule has 2 rings (SSSR count). The maximum absolute atomic E-state index is 13.2. The number of hydrogen-bond donors (Lipinski definition) is 1. The monoisotopic (exact) mass is 236 g/mol. The topological polar surface area (TPSA) is 46.3 Å². The third-order valence-electron chi connectivity index (χ3n) is 3.20. The Labute approximate surface area is 100 Å². The Hall–Kier alpha value is -1.42. The van der Waals surface area contributed by atoms with Crippen molar-refractivity contribution in [3.63, 3.8) is 0 Å². The second kappa shape index (κ2) is 5.27. The van der Waals surface area contributed by atoms with Crippen LogP contribution in [0.2, 0.25) is 0 Å². The minimum absolute atomic E-state index is 0.0616. The minimum Gasteiger partial charge on any atom is -0.330 e. The van der Waals surface area contributed by atoms with Crippen LogP contribution in [0.25, 0.3) is 0 Å². The molecule has 0 aliphatic carbocycles. The van der Waals surface area contributed by atoms with Crippen LogP contribution in [0, 0.1) is 11.7 Å². The highest BCUT2D eigenvalue weighted by Crippen LogP contribution is 2.23. The molecule has 3 nitrogen and oxygen atoms in total. The van der Waals surface area contributed by atoms with E-state index in [2.05, 4.69) is 0 Å². The van der Waals surface area contributed by atoms with Crippen LogP contribution >= 0.6 is 0 Å². The highest BCUT2D eigenvalue weighted by atomic mass is 19.1. The third-order valence-corrected chi connectivity index (χ3v) is 3.20. The van der Waals surface area contributed by atoms with Gasteiger partial charge in [0.1, 0.15) is 5.82 Å². The van der Waals surface area contributed by atoms with Crippen molar-refractivity contribution < 1.29 is 9.18 Å². The Morgan fingerprint density at radius 2 is 2.29 bits per heavy atom. The van der Waals surface area contributed by atoms with Crippen LogP contribution in [0.1, 0.15) is 19.3 Å². The summed E-state index contributed by atoms with van der Waals surface area (Å²) in [5.74, 6) is 0.0557. The molecule has 0 bridgehead atoms. The number of nitrogens with two attached hydrogens (primary N) is 1. The van der Waals surface area contributed by atoms with Crippen molar-refractivity contribution in [1.29, 1.82) is 0 Å². The van der Waals surface area contributed by atoms with E-state index in [4.69, 9.17) is 5.73 Å². The Balaban J connectivity index is 2.24. The second-order valence-corrected chi connectivity index (χ2v) is 4.48. The van der Waals surface area contributed by atoms with E-state index in [1.807, 2.05) is 0 Å². The van der Waals surface area contributed by atoms with E-state index < -0.39 is 0 Å². The SMILES string of the molecule is NCC1CCCC(=O)N(c2cccc(F)c2)C1. The average molecular weight is 236 g/mol. The highest BCUT2D eigenvalue weighted by molar-refractivity contribution is 5.93. The molecule has 1 unspecified atom stereocenters. The molecule has 1 saturated heterocycles. The molecule has 1 aromatic rings. The van der Waals surface area contributed by atoms with Gasteiger partial charge in [0.05, 0.1) is 0 Å². The largest absolute Gasteiger partial charge is 0.330 e. The molecule has 2 N–H and O–H groups in total. The maximum Gasteiger partial charge on any atom is 0.226 e. The first-order chi connectivity index (χ1) is 8.20. The lowest BCUT2D eigenvalue weighted by Crippen LogP contribution is -2.35. The van der Waals surface area contributed by atoms with Crippen LogP contribution in [-0.4, -0.2) is 19.0 Å². The van der Waals surface area contributed by atoms with Gasteiger partial charge in [-0.2, -0.15) is 0 Å². The molecule has 1 atom stereocenters. The molecule has 1 aliphatic rings. The van der Waals surface area contributed by atoms with Gasteiger partial charge in [0.2, 0.25) is 5.91 Å². The lowest BCUT2D eigenvalue weighted by Gasteiger charge is -2.24. The van der Waals surface area contributed by atoms with Crippen LogP contribution in [0.4, 0.5) is 10.1 Å². The summed E-state index contributed by atoms with van der Waals surface area (Å²) in [6.07, 6.45) is 2.35. The normalized spacial score (nSPS) is 21.4. The van der Waals surface area contributed by atoms with Crippen LogP contribution < -0.4 is 10.6 Å². The molecule has 17 heavy (non-hydrogen) atoms. The first-order valence-electron chi connectivity index (χ1n) is 5.96. The molecular weight excluding hydrogens is 219 g/mol. The molecule has 4 heteroatoms. The number of rotatable bonds is 2. The lowest BCUT2D eigenvalue weighted by atomic mass is 10.0. The summed E-state index contributed by atoms with van der Waals surface area (Å²) in [4.78, 5) is 13.6. The predicted molar refractivity (Wildman–Crippen MR) is 65.1 cm³/mol. The van der Waals surface area contributed by atoms with E-state index in [9.17, 15) is 9.18 Å². The van der Waals surface area contributed by atoms with Gasteiger partial charge in [-0.15, -0.1) is 0 Å². The van der Waals surface area contributed by atoms with Crippen LogP contribution in [0.5, 0.6) is 0 Å². The van der Waals surface area contributed by atoms with Crippen LogP contribution in [0.3, 0.4) is 0 Å². The van der Waals surface area contributed by atoms with Gasteiger partial charge >= 0.3 is 0 Å². The number of nitrogens with zero attached hydrogens (tertiary/aromatic N) is 1. The van der Waals surface area contributed by atoms with Gasteiger partial charge in [0.25, 0.3) is 0 Å². The van der Waals surface area contributed by atoms with E-state index in [0.29, 0.717) is 31.1 Å². The van der Waals surface area contributed by atoms with Crippen molar-refractivity contribution >= 4 is 11.6 Å². The smallest absolute Gasteiger partial charge is 0.226 e. The molecule has 0 spiro atoms.